The van der Waals surface area contributed by atoms with E-state index < -0.39 is 18.9 Å². The molecule has 1 unspecified atom stereocenters. The van der Waals surface area contributed by atoms with Gasteiger partial charge in [0.15, 0.2) is 6.10 Å². The molecule has 0 aliphatic heterocycles. The molecular formula is C17H31F3O2. The van der Waals surface area contributed by atoms with E-state index in [0.29, 0.717) is 0 Å². The van der Waals surface area contributed by atoms with Gasteiger partial charge in [0.05, 0.1) is 6.61 Å². The molecule has 0 fully saturated rings. The molecule has 0 heterocycles. The number of hydrogen-bond acceptors (Lipinski definition) is 2. The zero-order chi connectivity index (χ0) is 16.7. The second-order valence-corrected chi connectivity index (χ2v) is 5.66. The average molecular weight is 324 g/mol. The monoisotopic (exact) mass is 324 g/mol. The van der Waals surface area contributed by atoms with E-state index in [-0.39, 0.29) is 6.61 Å². The van der Waals surface area contributed by atoms with Crippen molar-refractivity contribution in [3.8, 4) is 0 Å². The summed E-state index contributed by atoms with van der Waals surface area (Å²) in [4.78, 5) is 0. The summed E-state index contributed by atoms with van der Waals surface area (Å²) in [5, 5.41) is 8.72. The molecule has 0 aromatic carbocycles. The first-order valence-corrected chi connectivity index (χ1v) is 8.46. The molecule has 22 heavy (non-hydrogen) atoms. The fourth-order valence-corrected chi connectivity index (χ4v) is 2.02. The minimum atomic E-state index is -4.58. The van der Waals surface area contributed by atoms with Crippen molar-refractivity contribution in [3.05, 3.63) is 12.2 Å². The van der Waals surface area contributed by atoms with Crippen molar-refractivity contribution in [1.82, 2.24) is 0 Å². The quantitative estimate of drug-likeness (QED) is 0.342. The lowest BCUT2D eigenvalue weighted by Gasteiger charge is -2.14. The third-order valence-corrected chi connectivity index (χ3v) is 3.45. The van der Waals surface area contributed by atoms with Crippen LogP contribution in [0.4, 0.5) is 13.2 Å². The van der Waals surface area contributed by atoms with E-state index in [4.69, 9.17) is 9.84 Å². The molecule has 0 aliphatic rings. The van der Waals surface area contributed by atoms with Crippen LogP contribution in [-0.4, -0.2) is 30.6 Å². The van der Waals surface area contributed by atoms with Crippen molar-refractivity contribution < 1.29 is 23.0 Å². The van der Waals surface area contributed by atoms with Gasteiger partial charge in [0, 0.05) is 6.61 Å². The van der Waals surface area contributed by atoms with Crippen LogP contribution in [0.5, 0.6) is 0 Å². The second-order valence-electron chi connectivity index (χ2n) is 5.66. The molecule has 5 heteroatoms. The molecule has 0 amide bonds. The molecule has 0 aromatic rings. The van der Waals surface area contributed by atoms with E-state index in [1.54, 1.807) is 0 Å². The van der Waals surface area contributed by atoms with E-state index in [1.807, 2.05) is 0 Å². The molecular weight excluding hydrogens is 293 g/mol. The van der Waals surface area contributed by atoms with Crippen LogP contribution in [0.25, 0.3) is 0 Å². The number of ether oxygens (including phenoxy) is 1. The maximum absolute atomic E-state index is 12.0. The topological polar surface area (TPSA) is 29.5 Å². The molecule has 0 saturated heterocycles. The van der Waals surface area contributed by atoms with Crippen LogP contribution in [0.2, 0.25) is 0 Å². The molecule has 0 aromatic heterocycles. The van der Waals surface area contributed by atoms with Crippen molar-refractivity contribution in [3.63, 3.8) is 0 Å². The van der Waals surface area contributed by atoms with Gasteiger partial charge < -0.3 is 9.84 Å². The zero-order valence-electron chi connectivity index (χ0n) is 13.7. The number of rotatable bonds is 14. The number of halogens is 3. The van der Waals surface area contributed by atoms with E-state index in [2.05, 4.69) is 19.1 Å². The maximum Gasteiger partial charge on any atom is 0.416 e. The Kier molecular flexibility index (Phi) is 13.7. The third kappa shape index (κ3) is 14.4. The highest BCUT2D eigenvalue weighted by atomic mass is 19.4. The van der Waals surface area contributed by atoms with Crippen LogP contribution in [0.3, 0.4) is 0 Å². The largest absolute Gasteiger partial charge is 0.416 e. The molecule has 0 spiro atoms. The van der Waals surface area contributed by atoms with Gasteiger partial charge in [-0.15, -0.1) is 0 Å². The molecule has 2 nitrogen and oxygen atoms in total. The summed E-state index contributed by atoms with van der Waals surface area (Å²) in [6, 6.07) is 0. The number of unbranched alkanes of at least 4 members (excludes halogenated alkanes) is 8. The normalized spacial score (nSPS) is 13.9. The first kappa shape index (κ1) is 21.4. The van der Waals surface area contributed by atoms with Crippen molar-refractivity contribution in [2.24, 2.45) is 0 Å². The number of alkyl halides is 3. The molecule has 0 rings (SSSR count). The standard InChI is InChI=1S/C17H31F3O2/c1-2-3-4-5-6-7-8-9-10-11-12-13-14-22-15-16(21)17(18,19)20/h5-6,16,21H,2-4,7-15H2,1H3/b6-5-. The predicted molar refractivity (Wildman–Crippen MR) is 83.9 cm³/mol. The third-order valence-electron chi connectivity index (χ3n) is 3.45. The Morgan fingerprint density at radius 2 is 1.45 bits per heavy atom. The summed E-state index contributed by atoms with van der Waals surface area (Å²) < 4.78 is 40.8. The lowest BCUT2D eigenvalue weighted by molar-refractivity contribution is -0.217. The SMILES string of the molecule is CCCC/C=C\CCCCCCCCOCC(O)C(F)(F)F. The van der Waals surface area contributed by atoms with Gasteiger partial charge in [0.1, 0.15) is 0 Å². The molecule has 0 radical (unpaired) electrons. The van der Waals surface area contributed by atoms with Gasteiger partial charge in [-0.2, -0.15) is 13.2 Å². The molecule has 0 aliphatic carbocycles. The molecule has 0 bridgehead atoms. The van der Waals surface area contributed by atoms with Crippen LogP contribution in [0.1, 0.15) is 71.1 Å². The lowest BCUT2D eigenvalue weighted by atomic mass is 10.1. The Labute approximate surface area is 132 Å². The highest BCUT2D eigenvalue weighted by Gasteiger charge is 2.38. The van der Waals surface area contributed by atoms with Crippen LogP contribution in [0, 0.1) is 0 Å². The Morgan fingerprint density at radius 1 is 0.909 bits per heavy atom. The summed E-state index contributed by atoms with van der Waals surface area (Å²) in [5.41, 5.74) is 0. The zero-order valence-corrected chi connectivity index (χ0v) is 13.7. The molecule has 1 N–H and O–H groups in total. The highest BCUT2D eigenvalue weighted by molar-refractivity contribution is 4.81. The molecule has 132 valence electrons. The van der Waals surface area contributed by atoms with Gasteiger partial charge in [-0.1, -0.05) is 57.6 Å². The Hall–Kier alpha value is -0.550. The van der Waals surface area contributed by atoms with Crippen LogP contribution >= 0.6 is 0 Å². The Balaban J connectivity index is 3.19. The Bertz CT molecular complexity index is 265. The molecule has 1 atom stereocenters. The van der Waals surface area contributed by atoms with Crippen molar-refractivity contribution in [2.45, 2.75) is 83.4 Å². The first-order valence-electron chi connectivity index (χ1n) is 8.46. The summed E-state index contributed by atoms with van der Waals surface area (Å²) >= 11 is 0. The maximum atomic E-state index is 12.0. The summed E-state index contributed by atoms with van der Waals surface area (Å²) in [6.07, 6.45) is 8.77. The Morgan fingerprint density at radius 3 is 2.05 bits per heavy atom. The minimum Gasteiger partial charge on any atom is -0.382 e. The van der Waals surface area contributed by atoms with E-state index in [9.17, 15) is 13.2 Å². The van der Waals surface area contributed by atoms with Gasteiger partial charge in [-0.3, -0.25) is 0 Å². The minimum absolute atomic E-state index is 0.285. The van der Waals surface area contributed by atoms with Gasteiger partial charge >= 0.3 is 6.18 Å². The smallest absolute Gasteiger partial charge is 0.382 e. The van der Waals surface area contributed by atoms with Gasteiger partial charge in [0.25, 0.3) is 0 Å². The van der Waals surface area contributed by atoms with Crippen LogP contribution in [-0.2, 0) is 4.74 Å². The number of hydrogen-bond donors (Lipinski definition) is 1. The van der Waals surface area contributed by atoms with Crippen LogP contribution in [0.15, 0.2) is 12.2 Å². The number of allylic oxidation sites excluding steroid dienone is 2. The summed E-state index contributed by atoms with van der Waals surface area (Å²) in [6.45, 7) is 1.82. The average Bonchev–Trinajstić information content (AvgIpc) is 2.46. The lowest BCUT2D eigenvalue weighted by Crippen LogP contribution is -2.33. The summed E-state index contributed by atoms with van der Waals surface area (Å²) in [5.74, 6) is 0. The predicted octanol–water partition coefficient (Wildman–Crippen LogP) is 5.40. The van der Waals surface area contributed by atoms with Gasteiger partial charge in [-0.05, 0) is 25.7 Å². The van der Waals surface area contributed by atoms with E-state index in [0.717, 1.165) is 32.1 Å². The first-order chi connectivity index (χ1) is 10.5. The number of aliphatic hydroxyl groups is 1. The van der Waals surface area contributed by atoms with Crippen molar-refractivity contribution >= 4 is 0 Å². The fraction of sp³-hybridized carbons (Fsp3) is 0.882. The van der Waals surface area contributed by atoms with Gasteiger partial charge in [0.2, 0.25) is 0 Å². The highest BCUT2D eigenvalue weighted by Crippen LogP contribution is 2.20. The van der Waals surface area contributed by atoms with Crippen LogP contribution < -0.4 is 0 Å². The molecule has 0 saturated carbocycles. The van der Waals surface area contributed by atoms with Crippen molar-refractivity contribution in [2.75, 3.05) is 13.2 Å². The van der Waals surface area contributed by atoms with Crippen molar-refractivity contribution in [1.29, 1.82) is 0 Å². The number of aliphatic hydroxyl groups excluding tert-OH is 1. The fourth-order valence-electron chi connectivity index (χ4n) is 2.02. The second kappa shape index (κ2) is 14.1. The van der Waals surface area contributed by atoms with Gasteiger partial charge in [-0.25, -0.2) is 0 Å². The summed E-state index contributed by atoms with van der Waals surface area (Å²) in [7, 11) is 0. The van der Waals surface area contributed by atoms with E-state index in [1.165, 1.54) is 32.1 Å². The van der Waals surface area contributed by atoms with E-state index >= 15 is 0 Å².